The number of rotatable bonds is 4. The van der Waals surface area contributed by atoms with E-state index in [2.05, 4.69) is 11.0 Å². The van der Waals surface area contributed by atoms with E-state index in [1.165, 1.54) is 24.6 Å². The number of pyridine rings is 1. The Balaban J connectivity index is 1.68. The molecule has 2 aliphatic heterocycles. The molecule has 3 aliphatic rings. The predicted octanol–water partition coefficient (Wildman–Crippen LogP) is 5.55. The summed E-state index contributed by atoms with van der Waals surface area (Å²) < 4.78 is 2.46. The smallest absolute Gasteiger partial charge is 0.266 e. The van der Waals surface area contributed by atoms with Crippen LogP contribution >= 0.6 is 24.0 Å². The molecule has 174 valence electrons. The number of amides is 1. The Hall–Kier alpha value is -2.12. The molecule has 0 atom stereocenters. The minimum Gasteiger partial charge on any atom is -0.370 e. The van der Waals surface area contributed by atoms with Crippen LogP contribution in [0.2, 0.25) is 0 Å². The first kappa shape index (κ1) is 22.7. The molecule has 5 nitrogen and oxygen atoms in total. The summed E-state index contributed by atoms with van der Waals surface area (Å²) in [5, 5.41) is 1.08. The van der Waals surface area contributed by atoms with Crippen molar-refractivity contribution in [1.29, 1.82) is 0 Å². The van der Waals surface area contributed by atoms with Crippen molar-refractivity contribution in [2.24, 2.45) is 0 Å². The zero-order chi connectivity index (χ0) is 22.9. The van der Waals surface area contributed by atoms with Gasteiger partial charge in [0.05, 0.1) is 21.7 Å². The van der Waals surface area contributed by atoms with Crippen LogP contribution < -0.4 is 10.5 Å². The largest absolute Gasteiger partial charge is 0.370 e. The molecule has 33 heavy (non-hydrogen) atoms. The molecule has 5 rings (SSSR count). The molecule has 0 radical (unpaired) electrons. The highest BCUT2D eigenvalue weighted by Gasteiger charge is 2.38. The molecule has 0 spiro atoms. The number of carbonyl (C=O) groups excluding carboxylic acids is 1. The maximum Gasteiger partial charge on any atom is 0.266 e. The summed E-state index contributed by atoms with van der Waals surface area (Å²) in [7, 11) is 0. The van der Waals surface area contributed by atoms with Crippen LogP contribution in [0.15, 0.2) is 34.0 Å². The van der Waals surface area contributed by atoms with Crippen LogP contribution in [0, 0.1) is 0 Å². The van der Waals surface area contributed by atoms with E-state index in [4.69, 9.17) is 12.2 Å². The van der Waals surface area contributed by atoms with E-state index in [-0.39, 0.29) is 17.5 Å². The molecule has 3 fully saturated rings. The summed E-state index contributed by atoms with van der Waals surface area (Å²) in [4.78, 5) is 32.0. The summed E-state index contributed by atoms with van der Waals surface area (Å²) in [5.41, 5.74) is 2.54. The Morgan fingerprint density at radius 3 is 2.42 bits per heavy atom. The van der Waals surface area contributed by atoms with E-state index in [1.54, 1.807) is 0 Å². The second-order valence-electron chi connectivity index (χ2n) is 9.22. The lowest BCUT2D eigenvalue weighted by Crippen LogP contribution is -2.36. The van der Waals surface area contributed by atoms with E-state index < -0.39 is 0 Å². The Bertz CT molecular complexity index is 1170. The summed E-state index contributed by atoms with van der Waals surface area (Å²) >= 11 is 6.97. The van der Waals surface area contributed by atoms with Gasteiger partial charge in [0.2, 0.25) is 0 Å². The molecule has 1 aromatic heterocycles. The van der Waals surface area contributed by atoms with Crippen molar-refractivity contribution in [1.82, 2.24) is 9.47 Å². The maximum absolute atomic E-state index is 13.8. The minimum atomic E-state index is -0.0330. The summed E-state index contributed by atoms with van der Waals surface area (Å²) in [6.07, 6.45) is 10.8. The Kier molecular flexibility index (Phi) is 6.61. The van der Waals surface area contributed by atoms with Crippen LogP contribution in [0.3, 0.4) is 0 Å². The third-order valence-corrected chi connectivity index (χ3v) is 8.54. The van der Waals surface area contributed by atoms with Crippen molar-refractivity contribution in [3.8, 4) is 0 Å². The molecule has 7 heteroatoms. The molecular formula is C26H31N3O2S2. The van der Waals surface area contributed by atoms with E-state index in [9.17, 15) is 9.59 Å². The number of hydrogen-bond acceptors (Lipinski definition) is 5. The third-order valence-electron chi connectivity index (χ3n) is 7.21. The molecular weight excluding hydrogens is 450 g/mol. The molecule has 1 aromatic carbocycles. The second kappa shape index (κ2) is 9.63. The monoisotopic (exact) mass is 481 g/mol. The zero-order valence-electron chi connectivity index (χ0n) is 19.2. The van der Waals surface area contributed by atoms with E-state index in [0.717, 1.165) is 68.2 Å². The summed E-state index contributed by atoms with van der Waals surface area (Å²) in [6, 6.07) is 8.38. The van der Waals surface area contributed by atoms with Crippen molar-refractivity contribution >= 4 is 56.9 Å². The molecule has 3 heterocycles. The standard InChI is InChI=1S/C26H31N3O2S2/c1-2-28-21-14-8-7-13-19(21)23(27-15-9-3-4-10-16-27)20(24(28)30)17-22-25(31)29(26(32)33-22)18-11-5-6-12-18/h7-8,13-14,17-18H,2-6,9-12,15-16H2,1H3. The van der Waals surface area contributed by atoms with Gasteiger partial charge in [-0.3, -0.25) is 14.5 Å². The van der Waals surface area contributed by atoms with Gasteiger partial charge in [0.1, 0.15) is 4.32 Å². The van der Waals surface area contributed by atoms with Gasteiger partial charge >= 0.3 is 0 Å². The lowest BCUT2D eigenvalue weighted by molar-refractivity contribution is -0.123. The van der Waals surface area contributed by atoms with Crippen LogP contribution in [0.1, 0.15) is 63.9 Å². The van der Waals surface area contributed by atoms with Crippen LogP contribution in [0.25, 0.3) is 17.0 Å². The highest BCUT2D eigenvalue weighted by molar-refractivity contribution is 8.26. The van der Waals surface area contributed by atoms with E-state index in [1.807, 2.05) is 40.7 Å². The van der Waals surface area contributed by atoms with Crippen molar-refractivity contribution in [3.05, 3.63) is 45.1 Å². The zero-order valence-corrected chi connectivity index (χ0v) is 20.8. The molecule has 1 aliphatic carbocycles. The van der Waals surface area contributed by atoms with Gasteiger partial charge in [-0.1, -0.05) is 67.9 Å². The fourth-order valence-electron chi connectivity index (χ4n) is 5.58. The Morgan fingerprint density at radius 2 is 1.73 bits per heavy atom. The highest BCUT2D eigenvalue weighted by Crippen LogP contribution is 2.39. The van der Waals surface area contributed by atoms with Crippen LogP contribution in [-0.2, 0) is 11.3 Å². The number of anilines is 1. The first-order valence-corrected chi connectivity index (χ1v) is 13.5. The minimum absolute atomic E-state index is 0.0263. The van der Waals surface area contributed by atoms with Crippen molar-refractivity contribution in [2.45, 2.75) is 70.9 Å². The lowest BCUT2D eigenvalue weighted by Gasteiger charge is -2.27. The summed E-state index contributed by atoms with van der Waals surface area (Å²) in [5.74, 6) is -0.0330. The molecule has 0 N–H and O–H groups in total. The van der Waals surface area contributed by atoms with Crippen LogP contribution in [0.5, 0.6) is 0 Å². The van der Waals surface area contributed by atoms with E-state index >= 15 is 0 Å². The fourth-order valence-corrected chi connectivity index (χ4v) is 6.96. The number of fused-ring (bicyclic) bond motifs is 1. The number of thioether (sulfide) groups is 1. The van der Waals surface area contributed by atoms with Crippen molar-refractivity contribution < 1.29 is 4.79 Å². The van der Waals surface area contributed by atoms with Gasteiger partial charge in [-0.2, -0.15) is 0 Å². The topological polar surface area (TPSA) is 45.6 Å². The molecule has 2 saturated heterocycles. The van der Waals surface area contributed by atoms with Gasteiger partial charge in [-0.25, -0.2) is 0 Å². The van der Waals surface area contributed by atoms with Crippen LogP contribution in [0.4, 0.5) is 5.69 Å². The van der Waals surface area contributed by atoms with Gasteiger partial charge in [-0.05, 0) is 44.7 Å². The number of nitrogens with zero attached hydrogens (tertiary/aromatic N) is 3. The van der Waals surface area contributed by atoms with Gasteiger partial charge in [0, 0.05) is 31.1 Å². The number of aromatic nitrogens is 1. The number of benzene rings is 1. The number of aryl methyl sites for hydroxylation is 1. The predicted molar refractivity (Wildman–Crippen MR) is 142 cm³/mol. The first-order chi connectivity index (χ1) is 16.1. The van der Waals surface area contributed by atoms with Gasteiger partial charge in [0.25, 0.3) is 11.5 Å². The SMILES string of the molecule is CCn1c(=O)c(C=C2SC(=S)N(C3CCCC3)C2=O)c(N2CCCCCC2)c2ccccc21. The first-order valence-electron chi connectivity index (χ1n) is 12.3. The van der Waals surface area contributed by atoms with E-state index in [0.29, 0.717) is 21.3 Å². The maximum atomic E-state index is 13.8. The second-order valence-corrected chi connectivity index (χ2v) is 10.9. The average Bonchev–Trinajstić information content (AvgIpc) is 3.33. The van der Waals surface area contributed by atoms with Crippen molar-refractivity contribution in [3.63, 3.8) is 0 Å². The average molecular weight is 482 g/mol. The molecule has 1 saturated carbocycles. The molecule has 0 bridgehead atoms. The van der Waals surface area contributed by atoms with Gasteiger partial charge < -0.3 is 9.47 Å². The number of hydrogen-bond donors (Lipinski definition) is 0. The quantitative estimate of drug-likeness (QED) is 0.423. The third kappa shape index (κ3) is 4.14. The van der Waals surface area contributed by atoms with Crippen molar-refractivity contribution in [2.75, 3.05) is 18.0 Å². The highest BCUT2D eigenvalue weighted by atomic mass is 32.2. The molecule has 2 aromatic rings. The number of para-hydroxylation sites is 1. The molecule has 1 amide bonds. The van der Waals surface area contributed by atoms with Gasteiger partial charge in [-0.15, -0.1) is 0 Å². The molecule has 0 unspecified atom stereocenters. The van der Waals surface area contributed by atoms with Gasteiger partial charge in [0.15, 0.2) is 0 Å². The Labute approximate surface area is 204 Å². The van der Waals surface area contributed by atoms with Crippen LogP contribution in [-0.4, -0.2) is 38.8 Å². The number of thiocarbonyl (C=S) groups is 1. The lowest BCUT2D eigenvalue weighted by atomic mass is 10.1. The Morgan fingerprint density at radius 1 is 1.03 bits per heavy atom. The normalized spacial score (nSPS) is 21.5. The number of carbonyl (C=O) groups is 1. The fraction of sp³-hybridized carbons (Fsp3) is 0.500. The summed E-state index contributed by atoms with van der Waals surface area (Å²) in [6.45, 7) is 4.46.